The van der Waals surface area contributed by atoms with Gasteiger partial charge in [-0.25, -0.2) is 0 Å². The lowest BCUT2D eigenvalue weighted by molar-refractivity contribution is 0.369. The van der Waals surface area contributed by atoms with Crippen molar-refractivity contribution < 1.29 is 0 Å². The molecule has 1 nitrogen and oxygen atoms in total. The Labute approximate surface area is 102 Å². The molecule has 0 aliphatic heterocycles. The van der Waals surface area contributed by atoms with Crippen LogP contribution in [-0.2, 0) is 0 Å². The number of nitrogens with one attached hydrogen (secondary N) is 1. The van der Waals surface area contributed by atoms with Crippen LogP contribution in [0.15, 0.2) is 21.7 Å². The maximum absolute atomic E-state index is 3.49. The molecule has 1 aromatic heterocycles. The van der Waals surface area contributed by atoms with Crippen LogP contribution in [-0.4, -0.2) is 18.8 Å². The van der Waals surface area contributed by atoms with Crippen LogP contribution in [0.25, 0.3) is 0 Å². The molecule has 1 aromatic rings. The highest BCUT2D eigenvalue weighted by Crippen LogP contribution is 2.22. The molecular formula is C12H21NS2. The molecule has 0 saturated carbocycles. The zero-order valence-electron chi connectivity index (χ0n) is 9.88. The Morgan fingerprint density at radius 3 is 2.73 bits per heavy atom. The predicted octanol–water partition coefficient (Wildman–Crippen LogP) is 3.87. The van der Waals surface area contributed by atoms with Gasteiger partial charge in [0.25, 0.3) is 0 Å². The lowest BCUT2D eigenvalue weighted by atomic mass is 9.92. The number of hydrogen-bond acceptors (Lipinski definition) is 3. The number of thiophene rings is 1. The van der Waals surface area contributed by atoms with E-state index in [4.69, 9.17) is 0 Å². The number of hydrogen-bond donors (Lipinski definition) is 1. The Morgan fingerprint density at radius 1 is 1.33 bits per heavy atom. The predicted molar refractivity (Wildman–Crippen MR) is 72.0 cm³/mol. The van der Waals surface area contributed by atoms with Crippen molar-refractivity contribution in [3.8, 4) is 0 Å². The minimum atomic E-state index is 0.452. The fraction of sp³-hybridized carbons (Fsp3) is 0.667. The van der Waals surface area contributed by atoms with Crippen molar-refractivity contribution in [2.24, 2.45) is 5.41 Å². The van der Waals surface area contributed by atoms with Crippen LogP contribution in [0.2, 0.25) is 0 Å². The third-order valence-electron chi connectivity index (χ3n) is 2.07. The standard InChI is InChI=1S/C12H21NS2/c1-12(2,3)6-7-13-8-10-15-11-5-4-9-14-11/h4-5,9,13H,6-8,10H2,1-3H3. The summed E-state index contributed by atoms with van der Waals surface area (Å²) in [5.74, 6) is 1.17. The fourth-order valence-corrected chi connectivity index (χ4v) is 2.92. The van der Waals surface area contributed by atoms with Gasteiger partial charge in [-0.05, 0) is 29.8 Å². The number of thioether (sulfide) groups is 1. The fourth-order valence-electron chi connectivity index (χ4n) is 1.16. The van der Waals surface area contributed by atoms with Crippen LogP contribution >= 0.6 is 23.1 Å². The van der Waals surface area contributed by atoms with E-state index in [0.717, 1.165) is 13.1 Å². The summed E-state index contributed by atoms with van der Waals surface area (Å²) in [6.45, 7) is 9.10. The summed E-state index contributed by atoms with van der Waals surface area (Å²) in [4.78, 5) is 0. The van der Waals surface area contributed by atoms with Crippen molar-refractivity contribution in [3.63, 3.8) is 0 Å². The first-order valence-corrected chi connectivity index (χ1v) is 7.31. The molecule has 1 heterocycles. The summed E-state index contributed by atoms with van der Waals surface area (Å²) in [5, 5.41) is 5.62. The normalized spacial score (nSPS) is 11.9. The Balaban J connectivity index is 1.94. The monoisotopic (exact) mass is 243 g/mol. The Bertz CT molecular complexity index is 249. The van der Waals surface area contributed by atoms with E-state index >= 15 is 0 Å². The SMILES string of the molecule is CC(C)(C)CCNCCSc1cccs1. The van der Waals surface area contributed by atoms with Gasteiger partial charge in [-0.1, -0.05) is 26.8 Å². The summed E-state index contributed by atoms with van der Waals surface area (Å²) < 4.78 is 1.42. The summed E-state index contributed by atoms with van der Waals surface area (Å²) in [6, 6.07) is 4.30. The summed E-state index contributed by atoms with van der Waals surface area (Å²) in [5.41, 5.74) is 0.452. The van der Waals surface area contributed by atoms with Gasteiger partial charge >= 0.3 is 0 Å². The number of rotatable bonds is 6. The van der Waals surface area contributed by atoms with Crippen LogP contribution in [0.3, 0.4) is 0 Å². The molecule has 0 amide bonds. The van der Waals surface area contributed by atoms with E-state index in [2.05, 4.69) is 43.6 Å². The zero-order chi connectivity index (χ0) is 11.1. The van der Waals surface area contributed by atoms with Crippen LogP contribution in [0.5, 0.6) is 0 Å². The minimum Gasteiger partial charge on any atom is -0.316 e. The van der Waals surface area contributed by atoms with E-state index in [-0.39, 0.29) is 0 Å². The zero-order valence-corrected chi connectivity index (χ0v) is 11.5. The van der Waals surface area contributed by atoms with Gasteiger partial charge in [0.05, 0.1) is 4.21 Å². The van der Waals surface area contributed by atoms with Crippen LogP contribution in [0, 0.1) is 5.41 Å². The highest BCUT2D eigenvalue weighted by atomic mass is 32.2. The molecule has 3 heteroatoms. The molecule has 0 aliphatic rings. The van der Waals surface area contributed by atoms with Crippen LogP contribution in [0.1, 0.15) is 27.2 Å². The highest BCUT2D eigenvalue weighted by Gasteiger charge is 2.08. The van der Waals surface area contributed by atoms with Gasteiger partial charge in [0.2, 0.25) is 0 Å². The molecule has 0 aliphatic carbocycles. The molecule has 0 radical (unpaired) electrons. The Kier molecular flexibility index (Phi) is 5.72. The van der Waals surface area contributed by atoms with Gasteiger partial charge in [-0.15, -0.1) is 23.1 Å². The van der Waals surface area contributed by atoms with Crippen molar-refractivity contribution in [1.82, 2.24) is 5.32 Å². The summed E-state index contributed by atoms with van der Waals surface area (Å²) >= 11 is 3.77. The van der Waals surface area contributed by atoms with E-state index in [0.29, 0.717) is 5.41 Å². The van der Waals surface area contributed by atoms with Crippen LogP contribution < -0.4 is 5.32 Å². The highest BCUT2D eigenvalue weighted by molar-refractivity contribution is 8.01. The summed E-state index contributed by atoms with van der Waals surface area (Å²) in [6.07, 6.45) is 1.25. The molecular weight excluding hydrogens is 222 g/mol. The van der Waals surface area contributed by atoms with Crippen molar-refractivity contribution in [2.75, 3.05) is 18.8 Å². The molecule has 0 aromatic carbocycles. The molecule has 0 bridgehead atoms. The first-order valence-electron chi connectivity index (χ1n) is 5.45. The van der Waals surface area contributed by atoms with E-state index in [1.807, 2.05) is 23.1 Å². The molecule has 0 atom stereocenters. The third kappa shape index (κ3) is 6.98. The van der Waals surface area contributed by atoms with E-state index < -0.39 is 0 Å². The third-order valence-corrected chi connectivity index (χ3v) is 4.20. The van der Waals surface area contributed by atoms with Crippen molar-refractivity contribution in [1.29, 1.82) is 0 Å². The maximum atomic E-state index is 3.49. The quantitative estimate of drug-likeness (QED) is 0.601. The van der Waals surface area contributed by atoms with Gasteiger partial charge in [-0.2, -0.15) is 0 Å². The largest absolute Gasteiger partial charge is 0.316 e. The lowest BCUT2D eigenvalue weighted by Crippen LogP contribution is -2.22. The first kappa shape index (κ1) is 13.1. The molecule has 0 unspecified atom stereocenters. The lowest BCUT2D eigenvalue weighted by Gasteiger charge is -2.17. The van der Waals surface area contributed by atoms with Crippen molar-refractivity contribution >= 4 is 23.1 Å². The van der Waals surface area contributed by atoms with Crippen LogP contribution in [0.4, 0.5) is 0 Å². The Morgan fingerprint density at radius 2 is 2.13 bits per heavy atom. The first-order chi connectivity index (χ1) is 7.08. The van der Waals surface area contributed by atoms with E-state index in [1.54, 1.807) is 0 Å². The topological polar surface area (TPSA) is 12.0 Å². The Hall–Kier alpha value is 0.01000. The minimum absolute atomic E-state index is 0.452. The van der Waals surface area contributed by atoms with Gasteiger partial charge in [0, 0.05) is 12.3 Å². The van der Waals surface area contributed by atoms with Crippen molar-refractivity contribution in [2.45, 2.75) is 31.4 Å². The van der Waals surface area contributed by atoms with Gasteiger partial charge in [0.15, 0.2) is 0 Å². The molecule has 86 valence electrons. The van der Waals surface area contributed by atoms with Gasteiger partial charge < -0.3 is 5.32 Å². The molecule has 15 heavy (non-hydrogen) atoms. The maximum Gasteiger partial charge on any atom is 0.0598 e. The van der Waals surface area contributed by atoms with E-state index in [1.165, 1.54) is 16.4 Å². The average Bonchev–Trinajstić information content (AvgIpc) is 2.61. The molecule has 1 rings (SSSR count). The van der Waals surface area contributed by atoms with Gasteiger partial charge in [-0.3, -0.25) is 0 Å². The second-order valence-corrected chi connectivity index (χ2v) is 7.18. The molecule has 0 fully saturated rings. The average molecular weight is 243 g/mol. The molecule has 1 N–H and O–H groups in total. The molecule has 0 spiro atoms. The molecule has 0 saturated heterocycles. The van der Waals surface area contributed by atoms with Gasteiger partial charge in [0.1, 0.15) is 0 Å². The second-order valence-electron chi connectivity index (χ2n) is 4.84. The summed E-state index contributed by atoms with van der Waals surface area (Å²) in [7, 11) is 0. The van der Waals surface area contributed by atoms with Crippen molar-refractivity contribution in [3.05, 3.63) is 17.5 Å². The second kappa shape index (κ2) is 6.56. The van der Waals surface area contributed by atoms with E-state index in [9.17, 15) is 0 Å². The smallest absolute Gasteiger partial charge is 0.0598 e.